The van der Waals surface area contributed by atoms with Crippen LogP contribution >= 0.6 is 0 Å². The molecule has 3 fully saturated rings. The summed E-state index contributed by atoms with van der Waals surface area (Å²) in [6.07, 6.45) is 7.96. The van der Waals surface area contributed by atoms with E-state index in [2.05, 4.69) is 4.98 Å². The highest BCUT2D eigenvalue weighted by molar-refractivity contribution is 5.79. The fourth-order valence-corrected chi connectivity index (χ4v) is 4.55. The number of pyridine rings is 1. The second-order valence-electron chi connectivity index (χ2n) is 7.99. The van der Waals surface area contributed by atoms with Gasteiger partial charge in [0, 0.05) is 51.6 Å². The summed E-state index contributed by atoms with van der Waals surface area (Å²) in [5.41, 5.74) is 1.29. The van der Waals surface area contributed by atoms with Crippen molar-refractivity contribution in [2.24, 2.45) is 11.3 Å². The van der Waals surface area contributed by atoms with Gasteiger partial charge in [-0.2, -0.15) is 0 Å². The average Bonchev–Trinajstić information content (AvgIpc) is 3.21. The number of carbonyl (C=O) groups is 2. The van der Waals surface area contributed by atoms with E-state index in [1.54, 1.807) is 12.4 Å². The second kappa shape index (κ2) is 7.35. The smallest absolute Gasteiger partial charge is 0.228 e. The molecule has 1 atom stereocenters. The van der Waals surface area contributed by atoms with Crippen LogP contribution in [-0.4, -0.2) is 59.4 Å². The largest absolute Gasteiger partial charge is 0.381 e. The van der Waals surface area contributed by atoms with Gasteiger partial charge in [-0.05, 0) is 48.8 Å². The van der Waals surface area contributed by atoms with Gasteiger partial charge in [0.05, 0.1) is 12.5 Å². The number of piperidine rings is 2. The standard InChI is InChI=1S/C20H27N3O3/c24-18-1-5-20(15-23(18)13-16-2-8-21-9-3-16)6-10-22(11-7-20)19(25)17-4-12-26-14-17/h2-3,8-9,17H,1,4-7,10-15H2/t17-/m1/s1. The van der Waals surface area contributed by atoms with E-state index in [4.69, 9.17) is 4.74 Å². The third-order valence-corrected chi connectivity index (χ3v) is 6.29. The minimum Gasteiger partial charge on any atom is -0.381 e. The van der Waals surface area contributed by atoms with Crippen molar-refractivity contribution in [2.75, 3.05) is 32.8 Å². The van der Waals surface area contributed by atoms with Crippen LogP contribution in [0.1, 0.15) is 37.7 Å². The molecule has 6 nitrogen and oxygen atoms in total. The monoisotopic (exact) mass is 357 g/mol. The lowest BCUT2D eigenvalue weighted by atomic mass is 9.72. The van der Waals surface area contributed by atoms with Crippen molar-refractivity contribution in [3.63, 3.8) is 0 Å². The number of aromatic nitrogens is 1. The van der Waals surface area contributed by atoms with Crippen LogP contribution in [0.4, 0.5) is 0 Å². The summed E-state index contributed by atoms with van der Waals surface area (Å²) in [4.78, 5) is 33.1. The van der Waals surface area contributed by atoms with Crippen molar-refractivity contribution < 1.29 is 14.3 Å². The topological polar surface area (TPSA) is 62.7 Å². The summed E-state index contributed by atoms with van der Waals surface area (Å²) >= 11 is 0. The normalized spacial score (nSPS) is 25.7. The molecular weight excluding hydrogens is 330 g/mol. The molecular formula is C20H27N3O3. The first-order valence-corrected chi connectivity index (χ1v) is 9.68. The molecule has 3 saturated heterocycles. The molecule has 0 saturated carbocycles. The first kappa shape index (κ1) is 17.5. The number of rotatable bonds is 3. The summed E-state index contributed by atoms with van der Waals surface area (Å²) in [5.74, 6) is 0.562. The van der Waals surface area contributed by atoms with Crippen molar-refractivity contribution in [2.45, 2.75) is 38.6 Å². The molecule has 3 aliphatic heterocycles. The minimum atomic E-state index is 0.0557. The molecule has 0 aromatic carbocycles. The zero-order chi connectivity index (χ0) is 18.0. The molecule has 4 heterocycles. The third kappa shape index (κ3) is 3.61. The molecule has 4 rings (SSSR count). The highest BCUT2D eigenvalue weighted by Crippen LogP contribution is 2.41. The first-order valence-electron chi connectivity index (χ1n) is 9.68. The second-order valence-corrected chi connectivity index (χ2v) is 7.99. The number of carbonyl (C=O) groups excluding carboxylic acids is 2. The number of nitrogens with zero attached hydrogens (tertiary/aromatic N) is 3. The molecule has 0 aliphatic carbocycles. The highest BCUT2D eigenvalue weighted by Gasteiger charge is 2.42. The molecule has 0 N–H and O–H groups in total. The van der Waals surface area contributed by atoms with E-state index in [0.717, 1.165) is 50.9 Å². The molecule has 0 bridgehead atoms. The van der Waals surface area contributed by atoms with Gasteiger partial charge in [0.1, 0.15) is 0 Å². The van der Waals surface area contributed by atoms with Crippen LogP contribution in [0.25, 0.3) is 0 Å². The fourth-order valence-electron chi connectivity index (χ4n) is 4.55. The quantitative estimate of drug-likeness (QED) is 0.828. The van der Waals surface area contributed by atoms with Crippen LogP contribution in [0.2, 0.25) is 0 Å². The highest BCUT2D eigenvalue weighted by atomic mass is 16.5. The molecule has 3 aliphatic rings. The van der Waals surface area contributed by atoms with Crippen LogP contribution in [0.15, 0.2) is 24.5 Å². The van der Waals surface area contributed by atoms with Gasteiger partial charge in [-0.1, -0.05) is 0 Å². The summed E-state index contributed by atoms with van der Waals surface area (Å²) in [6, 6.07) is 3.94. The number of hydrogen-bond donors (Lipinski definition) is 0. The summed E-state index contributed by atoms with van der Waals surface area (Å²) in [7, 11) is 0. The number of amides is 2. The van der Waals surface area contributed by atoms with Crippen molar-refractivity contribution in [1.29, 1.82) is 0 Å². The molecule has 0 radical (unpaired) electrons. The van der Waals surface area contributed by atoms with Gasteiger partial charge in [-0.25, -0.2) is 0 Å². The summed E-state index contributed by atoms with van der Waals surface area (Å²) in [5, 5.41) is 0. The number of ether oxygens (including phenoxy) is 1. The lowest BCUT2D eigenvalue weighted by molar-refractivity contribution is -0.144. The van der Waals surface area contributed by atoms with Gasteiger partial charge in [0.2, 0.25) is 11.8 Å². The van der Waals surface area contributed by atoms with E-state index in [9.17, 15) is 9.59 Å². The Kier molecular flexibility index (Phi) is 4.94. The Labute approximate surface area is 154 Å². The molecule has 26 heavy (non-hydrogen) atoms. The van der Waals surface area contributed by atoms with Gasteiger partial charge in [-0.15, -0.1) is 0 Å². The molecule has 0 unspecified atom stereocenters. The Morgan fingerprint density at radius 2 is 2.00 bits per heavy atom. The van der Waals surface area contributed by atoms with Crippen LogP contribution < -0.4 is 0 Å². The molecule has 1 aromatic rings. The Balaban J connectivity index is 1.37. The molecule has 140 valence electrons. The van der Waals surface area contributed by atoms with Gasteiger partial charge in [-0.3, -0.25) is 14.6 Å². The Morgan fingerprint density at radius 1 is 1.23 bits per heavy atom. The van der Waals surface area contributed by atoms with E-state index < -0.39 is 0 Å². The zero-order valence-corrected chi connectivity index (χ0v) is 15.2. The van der Waals surface area contributed by atoms with E-state index >= 15 is 0 Å². The van der Waals surface area contributed by atoms with Crippen LogP contribution in [0.5, 0.6) is 0 Å². The van der Waals surface area contributed by atoms with Crippen molar-refractivity contribution in [3.05, 3.63) is 30.1 Å². The van der Waals surface area contributed by atoms with E-state index in [-0.39, 0.29) is 23.1 Å². The van der Waals surface area contributed by atoms with Gasteiger partial charge >= 0.3 is 0 Å². The van der Waals surface area contributed by atoms with Gasteiger partial charge in [0.15, 0.2) is 0 Å². The maximum absolute atomic E-state index is 12.6. The average molecular weight is 357 g/mol. The number of hydrogen-bond acceptors (Lipinski definition) is 4. The third-order valence-electron chi connectivity index (χ3n) is 6.29. The van der Waals surface area contributed by atoms with Crippen LogP contribution in [0.3, 0.4) is 0 Å². The maximum atomic E-state index is 12.6. The Bertz CT molecular complexity index is 650. The van der Waals surface area contributed by atoms with Crippen molar-refractivity contribution in [3.8, 4) is 0 Å². The minimum absolute atomic E-state index is 0.0557. The number of likely N-dealkylation sites (tertiary alicyclic amines) is 2. The van der Waals surface area contributed by atoms with E-state index in [0.29, 0.717) is 26.2 Å². The predicted octanol–water partition coefficient (Wildman–Crippen LogP) is 1.85. The molecule has 2 amide bonds. The van der Waals surface area contributed by atoms with E-state index in [1.165, 1.54) is 0 Å². The SMILES string of the molecule is O=C1CCC2(CCN(C(=O)[C@@H]3CCOC3)CC2)CN1Cc1ccncc1. The molecule has 1 spiro atoms. The Morgan fingerprint density at radius 3 is 2.69 bits per heavy atom. The zero-order valence-electron chi connectivity index (χ0n) is 15.2. The lowest BCUT2D eigenvalue weighted by Crippen LogP contribution is -2.52. The summed E-state index contributed by atoms with van der Waals surface area (Å²) < 4.78 is 5.37. The molecule has 1 aromatic heterocycles. The van der Waals surface area contributed by atoms with Crippen molar-refractivity contribution >= 4 is 11.8 Å². The van der Waals surface area contributed by atoms with E-state index in [1.807, 2.05) is 21.9 Å². The van der Waals surface area contributed by atoms with Gasteiger partial charge in [0.25, 0.3) is 0 Å². The summed E-state index contributed by atoms with van der Waals surface area (Å²) in [6.45, 7) is 4.38. The van der Waals surface area contributed by atoms with Crippen LogP contribution in [0, 0.1) is 11.3 Å². The molecule has 6 heteroatoms. The lowest BCUT2D eigenvalue weighted by Gasteiger charge is -2.47. The Hall–Kier alpha value is -1.95. The predicted molar refractivity (Wildman–Crippen MR) is 96.1 cm³/mol. The van der Waals surface area contributed by atoms with Crippen LogP contribution in [-0.2, 0) is 20.9 Å². The fraction of sp³-hybridized carbons (Fsp3) is 0.650. The maximum Gasteiger partial charge on any atom is 0.228 e. The first-order chi connectivity index (χ1) is 12.7. The van der Waals surface area contributed by atoms with Crippen molar-refractivity contribution in [1.82, 2.24) is 14.8 Å². The van der Waals surface area contributed by atoms with Gasteiger partial charge < -0.3 is 14.5 Å².